The van der Waals surface area contributed by atoms with E-state index in [4.69, 9.17) is 9.40 Å². The average molecular weight is 405 g/mol. The van der Waals surface area contributed by atoms with E-state index in [1.807, 2.05) is 17.4 Å². The lowest BCUT2D eigenvalue weighted by molar-refractivity contribution is 0.200. The van der Waals surface area contributed by atoms with Gasteiger partial charge < -0.3 is 4.42 Å². The van der Waals surface area contributed by atoms with Gasteiger partial charge in [-0.25, -0.2) is 9.78 Å². The van der Waals surface area contributed by atoms with Crippen molar-refractivity contribution < 1.29 is 4.42 Å². The maximum Gasteiger partial charge on any atom is 0.336 e. The highest BCUT2D eigenvalue weighted by molar-refractivity contribution is 7.18. The van der Waals surface area contributed by atoms with Crippen LogP contribution >= 0.6 is 11.3 Å². The summed E-state index contributed by atoms with van der Waals surface area (Å²) in [7, 11) is 0. The van der Waals surface area contributed by atoms with Crippen LogP contribution < -0.4 is 5.63 Å². The predicted molar refractivity (Wildman–Crippen MR) is 119 cm³/mol. The molecule has 1 saturated heterocycles. The van der Waals surface area contributed by atoms with E-state index < -0.39 is 0 Å². The van der Waals surface area contributed by atoms with Crippen molar-refractivity contribution in [2.45, 2.75) is 38.6 Å². The van der Waals surface area contributed by atoms with Crippen LogP contribution in [0.3, 0.4) is 0 Å². The molecular weight excluding hydrogens is 380 g/mol. The van der Waals surface area contributed by atoms with Crippen LogP contribution in [0.2, 0.25) is 0 Å². The lowest BCUT2D eigenvalue weighted by atomic mass is 9.97. The van der Waals surface area contributed by atoms with Gasteiger partial charge in [0.1, 0.15) is 5.58 Å². The van der Waals surface area contributed by atoms with Gasteiger partial charge in [0.05, 0.1) is 15.2 Å². The van der Waals surface area contributed by atoms with E-state index in [9.17, 15) is 4.79 Å². The molecule has 0 spiro atoms. The molecule has 0 saturated carbocycles. The molecule has 0 unspecified atom stereocenters. The number of fused-ring (bicyclic) bond motifs is 2. The Bertz CT molecular complexity index is 1190. The van der Waals surface area contributed by atoms with Gasteiger partial charge in [-0.15, -0.1) is 11.3 Å². The van der Waals surface area contributed by atoms with E-state index in [0.29, 0.717) is 11.5 Å². The largest absolute Gasteiger partial charge is 0.423 e. The van der Waals surface area contributed by atoms with Crippen LogP contribution in [0.5, 0.6) is 0 Å². The summed E-state index contributed by atoms with van der Waals surface area (Å²) in [6, 6.07) is 16.3. The van der Waals surface area contributed by atoms with Crippen molar-refractivity contribution in [1.82, 2.24) is 9.88 Å². The molecule has 2 aromatic carbocycles. The smallest absolute Gasteiger partial charge is 0.336 e. The zero-order valence-corrected chi connectivity index (χ0v) is 17.4. The van der Waals surface area contributed by atoms with E-state index in [-0.39, 0.29) is 5.63 Å². The third kappa shape index (κ3) is 3.72. The van der Waals surface area contributed by atoms with Crippen LogP contribution in [0.25, 0.3) is 21.2 Å². The first-order valence-electron chi connectivity index (χ1n) is 10.3. The number of likely N-dealkylation sites (tertiary alicyclic amines) is 1. The molecule has 4 aromatic rings. The third-order valence-electron chi connectivity index (χ3n) is 5.86. The van der Waals surface area contributed by atoms with Crippen molar-refractivity contribution in [3.63, 3.8) is 0 Å². The number of nitrogens with zero attached hydrogens (tertiary/aromatic N) is 2. The van der Waals surface area contributed by atoms with E-state index >= 15 is 0 Å². The van der Waals surface area contributed by atoms with Gasteiger partial charge in [-0.1, -0.05) is 31.2 Å². The van der Waals surface area contributed by atoms with Gasteiger partial charge >= 0.3 is 5.63 Å². The van der Waals surface area contributed by atoms with E-state index in [1.165, 1.54) is 21.7 Å². The van der Waals surface area contributed by atoms with Crippen LogP contribution in [-0.2, 0) is 13.0 Å². The standard InChI is InChI=1S/C24H24N2O2S/c1-2-16-9-10-19-18(13-23(27)28-21(19)12-16)15-26-11-5-6-17(14-26)24-25-20-7-3-4-8-22(20)29-24/h3-4,7-10,12-13,17H,2,5-6,11,14-15H2,1H3/t17-/m1/s1. The zero-order valence-electron chi connectivity index (χ0n) is 16.6. The molecule has 0 bridgehead atoms. The van der Waals surface area contributed by atoms with Crippen molar-refractivity contribution in [2.24, 2.45) is 0 Å². The Hall–Kier alpha value is -2.50. The molecular formula is C24H24N2O2S. The Balaban J connectivity index is 1.41. The van der Waals surface area contributed by atoms with Gasteiger partial charge in [-0.2, -0.15) is 0 Å². The Labute approximate surface area is 173 Å². The van der Waals surface area contributed by atoms with Crippen molar-refractivity contribution in [3.05, 3.63) is 75.1 Å². The molecule has 5 heteroatoms. The third-order valence-corrected chi connectivity index (χ3v) is 7.06. The second-order valence-electron chi connectivity index (χ2n) is 7.87. The lowest BCUT2D eigenvalue weighted by Gasteiger charge is -2.31. The zero-order chi connectivity index (χ0) is 19.8. The second kappa shape index (κ2) is 7.73. The van der Waals surface area contributed by atoms with E-state index in [2.05, 4.69) is 48.2 Å². The lowest BCUT2D eigenvalue weighted by Crippen LogP contribution is -2.34. The number of aryl methyl sites for hydroxylation is 1. The van der Waals surface area contributed by atoms with Gasteiger partial charge in [0.15, 0.2) is 0 Å². The Morgan fingerprint density at radius 2 is 2.10 bits per heavy atom. The van der Waals surface area contributed by atoms with Crippen LogP contribution in [0.4, 0.5) is 0 Å². The summed E-state index contributed by atoms with van der Waals surface area (Å²) in [5.74, 6) is 0.458. The number of thiazole rings is 1. The monoisotopic (exact) mass is 404 g/mol. The summed E-state index contributed by atoms with van der Waals surface area (Å²) in [6.45, 7) is 4.92. The highest BCUT2D eigenvalue weighted by atomic mass is 32.1. The Kier molecular flexibility index (Phi) is 4.94. The van der Waals surface area contributed by atoms with Crippen molar-refractivity contribution in [3.8, 4) is 0 Å². The van der Waals surface area contributed by atoms with E-state index in [1.54, 1.807) is 6.07 Å². The van der Waals surface area contributed by atoms with Crippen LogP contribution in [-0.4, -0.2) is 23.0 Å². The summed E-state index contributed by atoms with van der Waals surface area (Å²) >= 11 is 1.82. The molecule has 0 N–H and O–H groups in total. The summed E-state index contributed by atoms with van der Waals surface area (Å²) < 4.78 is 6.74. The molecule has 0 radical (unpaired) electrons. The molecule has 5 rings (SSSR count). The molecule has 0 aliphatic carbocycles. The van der Waals surface area contributed by atoms with Crippen LogP contribution in [0.1, 0.15) is 41.8 Å². The van der Waals surface area contributed by atoms with Gasteiger partial charge in [-0.05, 0) is 55.1 Å². The first-order valence-corrected chi connectivity index (χ1v) is 11.1. The molecule has 1 aliphatic heterocycles. The molecule has 2 aromatic heterocycles. The first kappa shape index (κ1) is 18.5. The molecule has 4 nitrogen and oxygen atoms in total. The molecule has 1 aliphatic rings. The minimum absolute atomic E-state index is 0.263. The molecule has 0 amide bonds. The number of para-hydroxylation sites is 1. The molecule has 29 heavy (non-hydrogen) atoms. The molecule has 1 atom stereocenters. The molecule has 3 heterocycles. The Morgan fingerprint density at radius 3 is 2.97 bits per heavy atom. The average Bonchev–Trinajstić information content (AvgIpc) is 3.18. The Morgan fingerprint density at radius 1 is 1.21 bits per heavy atom. The molecule has 1 fully saturated rings. The van der Waals surface area contributed by atoms with Gasteiger partial charge in [-0.3, -0.25) is 4.90 Å². The van der Waals surface area contributed by atoms with Crippen LogP contribution in [0, 0.1) is 0 Å². The maximum absolute atomic E-state index is 12.1. The van der Waals surface area contributed by atoms with Crippen molar-refractivity contribution in [2.75, 3.05) is 13.1 Å². The first-order chi connectivity index (χ1) is 14.2. The fourth-order valence-corrected chi connectivity index (χ4v) is 5.42. The number of piperidine rings is 1. The maximum atomic E-state index is 12.1. The predicted octanol–water partition coefficient (Wildman–Crippen LogP) is 5.34. The fraction of sp³-hybridized carbons (Fsp3) is 0.333. The highest BCUT2D eigenvalue weighted by Crippen LogP contribution is 2.33. The van der Waals surface area contributed by atoms with Gasteiger partial charge in [0.25, 0.3) is 0 Å². The van der Waals surface area contributed by atoms with E-state index in [0.717, 1.165) is 48.9 Å². The summed E-state index contributed by atoms with van der Waals surface area (Å²) in [4.78, 5) is 19.5. The van der Waals surface area contributed by atoms with Crippen molar-refractivity contribution >= 4 is 32.5 Å². The minimum Gasteiger partial charge on any atom is -0.423 e. The second-order valence-corrected chi connectivity index (χ2v) is 8.93. The number of rotatable bonds is 4. The van der Waals surface area contributed by atoms with Crippen LogP contribution in [0.15, 0.2) is 57.7 Å². The molecule has 148 valence electrons. The summed E-state index contributed by atoms with van der Waals surface area (Å²) in [5.41, 5.74) is 3.78. The number of hydrogen-bond donors (Lipinski definition) is 0. The number of benzene rings is 2. The number of hydrogen-bond acceptors (Lipinski definition) is 5. The number of aromatic nitrogens is 1. The fourth-order valence-electron chi connectivity index (χ4n) is 4.33. The summed E-state index contributed by atoms with van der Waals surface area (Å²) in [5, 5.41) is 2.28. The quantitative estimate of drug-likeness (QED) is 0.431. The van der Waals surface area contributed by atoms with Gasteiger partial charge in [0.2, 0.25) is 0 Å². The van der Waals surface area contributed by atoms with Crippen molar-refractivity contribution in [1.29, 1.82) is 0 Å². The topological polar surface area (TPSA) is 46.3 Å². The van der Waals surface area contributed by atoms with Gasteiger partial charge in [0, 0.05) is 30.5 Å². The normalized spacial score (nSPS) is 17.9. The minimum atomic E-state index is -0.263. The highest BCUT2D eigenvalue weighted by Gasteiger charge is 2.24. The summed E-state index contributed by atoms with van der Waals surface area (Å²) in [6.07, 6.45) is 3.26. The SMILES string of the molecule is CCc1ccc2c(CN3CCC[C@@H](c4nc5ccccc5s4)C3)cc(=O)oc2c1.